The van der Waals surface area contributed by atoms with Gasteiger partial charge in [0.05, 0.1) is 0 Å². The Labute approximate surface area is 113 Å². The van der Waals surface area contributed by atoms with Gasteiger partial charge < -0.3 is 0 Å². The van der Waals surface area contributed by atoms with Gasteiger partial charge in [0, 0.05) is 5.56 Å². The van der Waals surface area contributed by atoms with E-state index in [-0.39, 0.29) is 12.3 Å². The second-order valence-electron chi connectivity index (χ2n) is 5.68. The quantitative estimate of drug-likeness (QED) is 0.625. The molecule has 0 aliphatic carbocycles. The molecule has 19 heavy (non-hydrogen) atoms. The van der Waals surface area contributed by atoms with Gasteiger partial charge in [0.15, 0.2) is 11.2 Å². The zero-order valence-electron chi connectivity index (χ0n) is 11.7. The predicted octanol–water partition coefficient (Wildman–Crippen LogP) is 1.41. The number of tetrazole rings is 1. The number of ketones is 1. The summed E-state index contributed by atoms with van der Waals surface area (Å²) in [7, 11) is -1.57. The van der Waals surface area contributed by atoms with Crippen LogP contribution in [0.15, 0.2) is 24.3 Å². The molecule has 2 aromatic rings. The number of hydrogen-bond acceptors (Lipinski definition) is 4. The van der Waals surface area contributed by atoms with Crippen molar-refractivity contribution in [3.8, 4) is 0 Å². The van der Waals surface area contributed by atoms with Gasteiger partial charge in [-0.05, 0) is 12.1 Å². The molecule has 100 valence electrons. The summed E-state index contributed by atoms with van der Waals surface area (Å²) in [5, 5.41) is 12.3. The lowest BCUT2D eigenvalue weighted by Crippen LogP contribution is -2.41. The van der Waals surface area contributed by atoms with Crippen molar-refractivity contribution >= 4 is 19.3 Å². The van der Waals surface area contributed by atoms with Crippen molar-refractivity contribution in [1.82, 2.24) is 20.2 Å². The van der Waals surface area contributed by atoms with Crippen LogP contribution < -0.4 is 5.45 Å². The van der Waals surface area contributed by atoms with Crippen LogP contribution in [0.25, 0.3) is 0 Å². The molecule has 0 fully saturated rings. The van der Waals surface area contributed by atoms with Crippen LogP contribution in [0.4, 0.5) is 0 Å². The molecule has 0 saturated carbocycles. The summed E-state index contributed by atoms with van der Waals surface area (Å²) in [6.07, 6.45) is 0. The third-order valence-electron chi connectivity index (χ3n) is 2.78. The van der Waals surface area contributed by atoms with Crippen molar-refractivity contribution < 1.29 is 4.79 Å². The van der Waals surface area contributed by atoms with E-state index >= 15 is 0 Å². The van der Waals surface area contributed by atoms with Crippen molar-refractivity contribution in [2.45, 2.75) is 33.1 Å². The zero-order valence-corrected chi connectivity index (χ0v) is 12.7. The summed E-state index contributed by atoms with van der Waals surface area (Å²) in [5.74, 6) is -0.000439. The molecule has 0 amide bonds. The maximum absolute atomic E-state index is 12.1. The Morgan fingerprint density at radius 1 is 1.21 bits per heavy atom. The molecule has 1 aromatic heterocycles. The number of rotatable bonds is 4. The van der Waals surface area contributed by atoms with Crippen LogP contribution in [-0.4, -0.2) is 34.1 Å². The molecule has 0 bridgehead atoms. The minimum Gasteiger partial charge on any atom is -0.292 e. The first-order chi connectivity index (χ1) is 8.86. The largest absolute Gasteiger partial charge is 0.292 e. The molecule has 0 saturated heterocycles. The number of carbonyl (C=O) groups is 1. The van der Waals surface area contributed by atoms with Crippen LogP contribution in [0.2, 0.25) is 19.6 Å². The van der Waals surface area contributed by atoms with E-state index in [1.807, 2.05) is 31.2 Å². The molecule has 1 aromatic carbocycles. The van der Waals surface area contributed by atoms with Gasteiger partial charge in [0.1, 0.15) is 14.6 Å². The van der Waals surface area contributed by atoms with Crippen molar-refractivity contribution in [3.05, 3.63) is 35.4 Å². The normalized spacial score (nSPS) is 11.6. The molecular weight excluding hydrogens is 256 g/mol. The molecule has 0 radical (unpaired) electrons. The van der Waals surface area contributed by atoms with Crippen molar-refractivity contribution in [2.75, 3.05) is 0 Å². The topological polar surface area (TPSA) is 60.7 Å². The first-order valence-corrected chi connectivity index (χ1v) is 9.74. The summed E-state index contributed by atoms with van der Waals surface area (Å²) in [5.41, 5.74) is 2.60. The van der Waals surface area contributed by atoms with Gasteiger partial charge in [0.2, 0.25) is 0 Å². The average Bonchev–Trinajstić information content (AvgIpc) is 2.78. The Hall–Kier alpha value is -1.82. The van der Waals surface area contributed by atoms with Gasteiger partial charge >= 0.3 is 0 Å². The number of hydrogen-bond donors (Lipinski definition) is 0. The summed E-state index contributed by atoms with van der Waals surface area (Å²) in [6.45, 7) is 8.58. The van der Waals surface area contributed by atoms with E-state index in [2.05, 4.69) is 35.1 Å². The third-order valence-corrected chi connectivity index (χ3v) is 4.32. The molecule has 0 atom stereocenters. The first kappa shape index (κ1) is 13.6. The molecule has 0 unspecified atom stereocenters. The lowest BCUT2D eigenvalue weighted by Gasteiger charge is -2.07. The minimum absolute atomic E-state index is 0.000439. The number of benzene rings is 1. The standard InChI is InChI=1S/C13H18N4OSi/c1-10-5-7-11(8-6-10)12(18)9-17-15-13(14-16-17)19(2,3)4/h5-8H,9H2,1-4H3. The third kappa shape index (κ3) is 3.34. The lowest BCUT2D eigenvalue weighted by molar-refractivity contribution is 0.0961. The SMILES string of the molecule is Cc1ccc(C(=O)Cn2nnc([Si](C)(C)C)n2)cc1. The molecule has 0 N–H and O–H groups in total. The van der Waals surface area contributed by atoms with E-state index in [4.69, 9.17) is 0 Å². The van der Waals surface area contributed by atoms with Crippen LogP contribution >= 0.6 is 0 Å². The van der Waals surface area contributed by atoms with E-state index in [0.717, 1.165) is 11.0 Å². The highest BCUT2D eigenvalue weighted by atomic mass is 28.3. The smallest absolute Gasteiger partial charge is 0.186 e. The zero-order chi connectivity index (χ0) is 14.0. The fourth-order valence-corrected chi connectivity index (χ4v) is 2.33. The van der Waals surface area contributed by atoms with Gasteiger partial charge in [-0.3, -0.25) is 4.79 Å². The summed E-state index contributed by atoms with van der Waals surface area (Å²) >= 11 is 0. The van der Waals surface area contributed by atoms with Gasteiger partial charge in [0.25, 0.3) is 0 Å². The van der Waals surface area contributed by atoms with Gasteiger partial charge in [-0.15, -0.1) is 10.2 Å². The Balaban J connectivity index is 2.11. The monoisotopic (exact) mass is 274 g/mol. The number of Topliss-reactive ketones (excluding diaryl/α,β-unsaturated/α-hetero) is 1. The Kier molecular flexibility index (Phi) is 3.61. The average molecular weight is 274 g/mol. The number of aromatic nitrogens is 4. The van der Waals surface area contributed by atoms with E-state index in [1.54, 1.807) is 0 Å². The minimum atomic E-state index is -1.57. The molecule has 0 aliphatic rings. The first-order valence-electron chi connectivity index (χ1n) is 6.24. The van der Waals surface area contributed by atoms with Crippen molar-refractivity contribution in [2.24, 2.45) is 0 Å². The van der Waals surface area contributed by atoms with Gasteiger partial charge in [-0.2, -0.15) is 4.80 Å². The fourth-order valence-electron chi connectivity index (χ4n) is 1.57. The van der Waals surface area contributed by atoms with E-state index in [0.29, 0.717) is 5.56 Å². The van der Waals surface area contributed by atoms with Crippen molar-refractivity contribution in [3.63, 3.8) is 0 Å². The fraction of sp³-hybridized carbons (Fsp3) is 0.385. The highest BCUT2D eigenvalue weighted by Gasteiger charge is 2.23. The second-order valence-corrected chi connectivity index (χ2v) is 10.6. The Morgan fingerprint density at radius 2 is 1.84 bits per heavy atom. The van der Waals surface area contributed by atoms with Crippen molar-refractivity contribution in [1.29, 1.82) is 0 Å². The number of aryl methyl sites for hydroxylation is 1. The molecule has 1 heterocycles. The summed E-state index contributed by atoms with van der Waals surface area (Å²) in [6, 6.07) is 7.51. The predicted molar refractivity (Wildman–Crippen MR) is 76.3 cm³/mol. The highest BCUT2D eigenvalue weighted by Crippen LogP contribution is 2.05. The Morgan fingerprint density at radius 3 is 2.37 bits per heavy atom. The molecule has 2 rings (SSSR count). The van der Waals surface area contributed by atoms with Crippen LogP contribution in [0, 0.1) is 6.92 Å². The van der Waals surface area contributed by atoms with E-state index in [9.17, 15) is 4.79 Å². The van der Waals surface area contributed by atoms with E-state index < -0.39 is 8.07 Å². The molecule has 5 nitrogen and oxygen atoms in total. The van der Waals surface area contributed by atoms with Gasteiger partial charge in [-0.25, -0.2) is 0 Å². The number of nitrogens with zero attached hydrogens (tertiary/aromatic N) is 4. The molecule has 0 aliphatic heterocycles. The lowest BCUT2D eigenvalue weighted by atomic mass is 10.1. The molecular formula is C13H18N4OSi. The summed E-state index contributed by atoms with van der Waals surface area (Å²) < 4.78 is 0. The van der Waals surface area contributed by atoms with Crippen LogP contribution in [-0.2, 0) is 6.54 Å². The second kappa shape index (κ2) is 5.04. The van der Waals surface area contributed by atoms with E-state index in [1.165, 1.54) is 4.80 Å². The Bertz CT molecular complexity index is 583. The summed E-state index contributed by atoms with van der Waals surface area (Å²) in [4.78, 5) is 13.5. The number of carbonyl (C=O) groups excluding carboxylic acids is 1. The maximum Gasteiger partial charge on any atom is 0.186 e. The van der Waals surface area contributed by atoms with Crippen LogP contribution in [0.1, 0.15) is 15.9 Å². The highest BCUT2D eigenvalue weighted by molar-refractivity contribution is 6.87. The maximum atomic E-state index is 12.1. The molecule has 6 heteroatoms. The molecule has 0 spiro atoms. The van der Waals surface area contributed by atoms with Crippen LogP contribution in [0.3, 0.4) is 0 Å². The van der Waals surface area contributed by atoms with Crippen LogP contribution in [0.5, 0.6) is 0 Å². The van der Waals surface area contributed by atoms with Gasteiger partial charge in [-0.1, -0.05) is 49.5 Å².